The molecule has 0 aliphatic heterocycles. The number of sulfonamides is 1. The number of carbonyl (C=O) groups excluding carboxylic acids is 1. The molecule has 8 heteroatoms. The highest BCUT2D eigenvalue weighted by molar-refractivity contribution is 7.92. The molecule has 0 saturated heterocycles. The van der Waals surface area contributed by atoms with Gasteiger partial charge >= 0.3 is 0 Å². The number of nitrogens with one attached hydrogen (secondary N) is 1. The zero-order chi connectivity index (χ0) is 22.3. The van der Waals surface area contributed by atoms with Crippen molar-refractivity contribution in [3.05, 3.63) is 54.1 Å². The van der Waals surface area contributed by atoms with Crippen molar-refractivity contribution in [2.24, 2.45) is 0 Å². The minimum Gasteiger partial charge on any atom is -0.493 e. The standard InChI is InChI=1S/C22H30N2O5S/c1-6-18(16-13-14-20(28-3)21(15-16)29-4)23-22(25)19(7-2)24(30(5,26)27)17-11-9-8-10-12-17/h8-15,18-19H,6-7H2,1-5H3,(H,23,25)/t18-,19+/m1/s1. The summed E-state index contributed by atoms with van der Waals surface area (Å²) in [4.78, 5) is 13.2. The molecule has 2 aromatic rings. The van der Waals surface area contributed by atoms with Crippen molar-refractivity contribution >= 4 is 21.6 Å². The molecular weight excluding hydrogens is 404 g/mol. The molecule has 30 heavy (non-hydrogen) atoms. The average molecular weight is 435 g/mol. The van der Waals surface area contributed by atoms with Gasteiger partial charge in [0.1, 0.15) is 6.04 Å². The zero-order valence-electron chi connectivity index (χ0n) is 18.1. The number of hydrogen-bond donors (Lipinski definition) is 1. The lowest BCUT2D eigenvalue weighted by molar-refractivity contribution is -0.123. The average Bonchev–Trinajstić information content (AvgIpc) is 2.74. The van der Waals surface area contributed by atoms with Gasteiger partial charge < -0.3 is 14.8 Å². The summed E-state index contributed by atoms with van der Waals surface area (Å²) in [7, 11) is -0.550. The van der Waals surface area contributed by atoms with Crippen LogP contribution in [-0.2, 0) is 14.8 Å². The van der Waals surface area contributed by atoms with E-state index in [1.807, 2.05) is 19.1 Å². The number of para-hydroxylation sites is 1. The number of amides is 1. The number of anilines is 1. The molecule has 164 valence electrons. The largest absolute Gasteiger partial charge is 0.493 e. The maximum Gasteiger partial charge on any atom is 0.244 e. The fraction of sp³-hybridized carbons (Fsp3) is 0.409. The highest BCUT2D eigenvalue weighted by atomic mass is 32.2. The van der Waals surface area contributed by atoms with E-state index in [0.29, 0.717) is 30.0 Å². The van der Waals surface area contributed by atoms with Crippen LogP contribution in [0.2, 0.25) is 0 Å². The summed E-state index contributed by atoms with van der Waals surface area (Å²) in [6, 6.07) is 13.0. The summed E-state index contributed by atoms with van der Waals surface area (Å²) in [5, 5.41) is 3.00. The van der Waals surface area contributed by atoms with Gasteiger partial charge in [-0.1, -0.05) is 38.1 Å². The molecular formula is C22H30N2O5S. The highest BCUT2D eigenvalue weighted by Gasteiger charge is 2.32. The van der Waals surface area contributed by atoms with Gasteiger partial charge in [0.2, 0.25) is 15.9 Å². The normalized spacial score (nSPS) is 13.2. The van der Waals surface area contributed by atoms with E-state index < -0.39 is 16.1 Å². The molecule has 0 spiro atoms. The van der Waals surface area contributed by atoms with Crippen LogP contribution in [-0.4, -0.2) is 40.8 Å². The molecule has 7 nitrogen and oxygen atoms in total. The molecule has 0 saturated carbocycles. The van der Waals surface area contributed by atoms with Gasteiger partial charge in [-0.05, 0) is 42.7 Å². The van der Waals surface area contributed by atoms with Crippen LogP contribution in [0, 0.1) is 0 Å². The van der Waals surface area contributed by atoms with Crippen molar-refractivity contribution in [1.29, 1.82) is 0 Å². The van der Waals surface area contributed by atoms with Crippen LogP contribution in [0.15, 0.2) is 48.5 Å². The zero-order valence-corrected chi connectivity index (χ0v) is 18.9. The van der Waals surface area contributed by atoms with Gasteiger partial charge in [-0.25, -0.2) is 8.42 Å². The molecule has 1 amide bonds. The first-order valence-electron chi connectivity index (χ1n) is 9.83. The summed E-state index contributed by atoms with van der Waals surface area (Å²) in [6.07, 6.45) is 2.07. The number of nitrogens with zero attached hydrogens (tertiary/aromatic N) is 1. The molecule has 2 rings (SSSR count). The van der Waals surface area contributed by atoms with Gasteiger partial charge in [-0.15, -0.1) is 0 Å². The minimum atomic E-state index is -3.67. The lowest BCUT2D eigenvalue weighted by Crippen LogP contribution is -2.50. The first-order valence-corrected chi connectivity index (χ1v) is 11.7. The van der Waals surface area contributed by atoms with E-state index in [1.165, 1.54) is 4.31 Å². The molecule has 1 N–H and O–H groups in total. The Morgan fingerprint density at radius 3 is 2.13 bits per heavy atom. The van der Waals surface area contributed by atoms with Crippen molar-refractivity contribution in [1.82, 2.24) is 5.32 Å². The fourth-order valence-electron chi connectivity index (χ4n) is 3.39. The van der Waals surface area contributed by atoms with Gasteiger partial charge in [-0.3, -0.25) is 9.10 Å². The SMILES string of the molecule is CC[C@@H](NC(=O)[C@H](CC)N(c1ccccc1)S(C)(=O)=O)c1ccc(OC)c(OC)c1. The van der Waals surface area contributed by atoms with Crippen LogP contribution in [0.25, 0.3) is 0 Å². The lowest BCUT2D eigenvalue weighted by atomic mass is 10.0. The Morgan fingerprint density at radius 1 is 1.00 bits per heavy atom. The maximum absolute atomic E-state index is 13.2. The summed E-state index contributed by atoms with van der Waals surface area (Å²) in [6.45, 7) is 3.75. The van der Waals surface area contributed by atoms with Crippen LogP contribution >= 0.6 is 0 Å². The number of carbonyl (C=O) groups is 1. The van der Waals surface area contributed by atoms with Crippen LogP contribution in [0.5, 0.6) is 11.5 Å². The van der Waals surface area contributed by atoms with Gasteiger partial charge in [0.25, 0.3) is 0 Å². The highest BCUT2D eigenvalue weighted by Crippen LogP contribution is 2.31. The maximum atomic E-state index is 13.2. The molecule has 0 fully saturated rings. The first-order chi connectivity index (χ1) is 14.3. The van der Waals surface area contributed by atoms with Crippen LogP contribution in [0.4, 0.5) is 5.69 Å². The Labute approximate surface area is 179 Å². The van der Waals surface area contributed by atoms with Crippen molar-refractivity contribution in [3.63, 3.8) is 0 Å². The summed E-state index contributed by atoms with van der Waals surface area (Å²) >= 11 is 0. The Kier molecular flexibility index (Phi) is 8.11. The Morgan fingerprint density at radius 2 is 1.63 bits per heavy atom. The van der Waals surface area contributed by atoms with E-state index in [9.17, 15) is 13.2 Å². The van der Waals surface area contributed by atoms with E-state index in [4.69, 9.17) is 9.47 Å². The quantitative estimate of drug-likeness (QED) is 0.618. The second-order valence-electron chi connectivity index (χ2n) is 6.90. The molecule has 0 radical (unpaired) electrons. The number of benzene rings is 2. The monoisotopic (exact) mass is 434 g/mol. The Bertz CT molecular complexity index is 947. The van der Waals surface area contributed by atoms with E-state index in [-0.39, 0.29) is 11.9 Å². The molecule has 0 aliphatic carbocycles. The number of hydrogen-bond acceptors (Lipinski definition) is 5. The Balaban J connectivity index is 2.34. The molecule has 0 unspecified atom stereocenters. The first kappa shape index (κ1) is 23.5. The molecule has 0 bridgehead atoms. The summed E-state index contributed by atoms with van der Waals surface area (Å²) in [5.74, 6) is 0.811. The van der Waals surface area contributed by atoms with E-state index in [2.05, 4.69) is 5.32 Å². The predicted octanol–water partition coefficient (Wildman–Crippen LogP) is 3.52. The number of methoxy groups -OCH3 is 2. The molecule has 0 aromatic heterocycles. The molecule has 2 atom stereocenters. The van der Waals surface area contributed by atoms with E-state index in [1.54, 1.807) is 57.5 Å². The number of ether oxygens (including phenoxy) is 2. The topological polar surface area (TPSA) is 84.9 Å². The third kappa shape index (κ3) is 5.44. The number of rotatable bonds is 10. The summed E-state index contributed by atoms with van der Waals surface area (Å²) in [5.41, 5.74) is 1.31. The fourth-order valence-corrected chi connectivity index (χ4v) is 4.61. The van der Waals surface area contributed by atoms with Crippen LogP contribution < -0.4 is 19.1 Å². The lowest BCUT2D eigenvalue weighted by Gasteiger charge is -2.31. The van der Waals surface area contributed by atoms with Crippen LogP contribution in [0.1, 0.15) is 38.3 Å². The molecule has 0 aliphatic rings. The Hall–Kier alpha value is -2.74. The second kappa shape index (κ2) is 10.3. The van der Waals surface area contributed by atoms with Gasteiger partial charge in [0.05, 0.1) is 32.2 Å². The van der Waals surface area contributed by atoms with Gasteiger partial charge in [0, 0.05) is 0 Å². The van der Waals surface area contributed by atoms with Crippen molar-refractivity contribution in [2.75, 3.05) is 24.8 Å². The predicted molar refractivity (Wildman–Crippen MR) is 119 cm³/mol. The van der Waals surface area contributed by atoms with Gasteiger partial charge in [0.15, 0.2) is 11.5 Å². The third-order valence-electron chi connectivity index (χ3n) is 4.88. The van der Waals surface area contributed by atoms with Crippen LogP contribution in [0.3, 0.4) is 0 Å². The van der Waals surface area contributed by atoms with Crippen molar-refractivity contribution in [2.45, 2.75) is 38.8 Å². The molecule has 0 heterocycles. The van der Waals surface area contributed by atoms with Gasteiger partial charge in [-0.2, -0.15) is 0 Å². The molecule has 2 aromatic carbocycles. The smallest absolute Gasteiger partial charge is 0.244 e. The van der Waals surface area contributed by atoms with E-state index >= 15 is 0 Å². The van der Waals surface area contributed by atoms with Crippen molar-refractivity contribution in [3.8, 4) is 11.5 Å². The minimum absolute atomic E-state index is 0.302. The summed E-state index contributed by atoms with van der Waals surface area (Å²) < 4.78 is 36.9. The third-order valence-corrected chi connectivity index (χ3v) is 6.05. The van der Waals surface area contributed by atoms with E-state index in [0.717, 1.165) is 11.8 Å². The second-order valence-corrected chi connectivity index (χ2v) is 8.76. The van der Waals surface area contributed by atoms with Crippen molar-refractivity contribution < 1.29 is 22.7 Å².